The fourth-order valence-corrected chi connectivity index (χ4v) is 62.9. The van der Waals surface area contributed by atoms with Crippen LogP contribution in [-0.2, 0) is 0 Å². The fourth-order valence-electron chi connectivity index (χ4n) is 62.9. The molecule has 0 saturated heterocycles. The van der Waals surface area contributed by atoms with Gasteiger partial charge in [-0.05, 0) is 383 Å². The van der Waals surface area contributed by atoms with Gasteiger partial charge in [0.1, 0.15) is 0 Å². The van der Waals surface area contributed by atoms with Crippen molar-refractivity contribution in [2.24, 2.45) is 357 Å². The predicted molar refractivity (Wildman–Crippen MR) is 214 cm³/mol. The zero-order valence-electron chi connectivity index (χ0n) is 37.1. The Balaban J connectivity index is 0.516. The van der Waals surface area contributed by atoms with Crippen molar-refractivity contribution < 1.29 is 0 Å². The molecule has 0 N–H and O–H groups in total. The second kappa shape index (κ2) is 4.26. The van der Waals surface area contributed by atoms with Crippen LogP contribution in [0, 0.1) is 357 Å². The van der Waals surface area contributed by atoms with Crippen molar-refractivity contribution in [3.8, 4) is 0 Å². The normalized spacial score (nSPS) is 128. The summed E-state index contributed by atoms with van der Waals surface area (Å²) in [4.78, 5) is 0. The highest BCUT2D eigenvalue weighted by atomic mass is 15.5. The van der Waals surface area contributed by atoms with Gasteiger partial charge in [0.05, 0.1) is 0 Å². The van der Waals surface area contributed by atoms with Crippen LogP contribution < -0.4 is 0 Å². The van der Waals surface area contributed by atoms with Crippen LogP contribution in [0.2, 0.25) is 0 Å². The Morgan fingerprint density at radius 3 is 0.394 bits per heavy atom. The van der Waals surface area contributed by atoms with E-state index in [1.165, 1.54) is 249 Å². The molecule has 314 valence electrons. The molecular weight excluding hydrogens is 793 g/mol. The second-order valence-corrected chi connectivity index (χ2v) is 41.2. The van der Waals surface area contributed by atoms with Crippen LogP contribution in [0.3, 0.4) is 0 Å². The highest BCUT2D eigenvalue weighted by molar-refractivity contribution is 5.88. The van der Waals surface area contributed by atoms with E-state index in [4.69, 9.17) is 0 Å². The molecule has 42 saturated carbocycles. The molecule has 0 aromatic rings. The highest BCUT2D eigenvalue weighted by Gasteiger charge is 3.43. The van der Waals surface area contributed by atoms with Crippen LogP contribution in [-0.4, -0.2) is 0 Å². The highest BCUT2D eigenvalue weighted by Crippen LogP contribution is 3.45. The van der Waals surface area contributed by atoms with Gasteiger partial charge in [0.25, 0.3) is 0 Å². The van der Waals surface area contributed by atoms with Gasteiger partial charge in [0, 0.05) is 0 Å². The van der Waals surface area contributed by atoms with E-state index in [2.05, 4.69) is 0 Å². The van der Waals surface area contributed by atoms with Crippen molar-refractivity contribution in [3.63, 3.8) is 0 Å². The molecule has 0 heteroatoms. The summed E-state index contributed by atoms with van der Waals surface area (Å²) in [5.41, 5.74) is 21.9. The maximum absolute atomic E-state index is 1.77. The third-order valence-electron chi connectivity index (χ3n) is 52.8. The first-order valence-electron chi connectivity index (χ1n) is 32.8. The lowest BCUT2D eigenvalue weighted by Crippen LogP contribution is -3.39. The summed E-state index contributed by atoms with van der Waals surface area (Å²) in [5, 5.41) is 0. The summed E-state index contributed by atoms with van der Waals surface area (Å²) in [6.45, 7) is 0. The minimum Gasteiger partial charge on any atom is -0.0461 e. The number of hydrogen-bond donors (Lipinski definition) is 0. The lowest BCUT2D eigenvalue weighted by atomic mass is 8.62. The molecule has 62 atom stereocenters. The van der Waals surface area contributed by atoms with Crippen LogP contribution in [0.25, 0.3) is 0 Å². The zero-order valence-corrected chi connectivity index (χ0v) is 37.1. The minimum absolute atomic E-state index is 1.07. The molecule has 0 aromatic heterocycles. The number of fused-ring (bicyclic) bond motifs is 38. The zero-order chi connectivity index (χ0) is 37.1. The SMILES string of the molecule is C1C2C[C@H]3[C@H]4[C@H]5[C@H]6[C@H]7[C@H]8[C@H]9[C@H]%10[C@H]%11C%12[C@H]%13[C@H]%14[C@H]%15[C@H]%16[C@H]%17[C@H]%18[C@H]%19[C@H]%20[C@H]%21[C@H]%22CC%23CC%24C%25C%26C%27C%28C%29C%30C%31C%32C%33C%34C%35C%36C%37C%38C%39C%40C%41C%42C1C23C%424C%415C%406C%397C%388C%379C%36%10C%35%11C%34%12C%33%13C%32%14C%31%15C%30%16C%29%17C%28%18C%27%19C%26%20C%25%21C%23%24%22. The molecule has 66 heavy (non-hydrogen) atoms. The van der Waals surface area contributed by atoms with Crippen molar-refractivity contribution in [3.05, 3.63) is 0 Å². The number of rotatable bonds is 0. The molecule has 42 aliphatic rings. The molecule has 43 unspecified atom stereocenters. The van der Waals surface area contributed by atoms with Gasteiger partial charge in [0.15, 0.2) is 0 Å². The molecule has 0 amide bonds. The summed E-state index contributed by atoms with van der Waals surface area (Å²) in [6.07, 6.45) is 7.08. The van der Waals surface area contributed by atoms with Crippen molar-refractivity contribution in [2.45, 2.75) is 25.7 Å². The fraction of sp³-hybridized carbons (Fsp3) is 1.00. The van der Waals surface area contributed by atoms with Crippen molar-refractivity contribution in [1.82, 2.24) is 0 Å². The van der Waals surface area contributed by atoms with E-state index in [0.29, 0.717) is 0 Å². The molecule has 0 aliphatic heterocycles. The Labute approximate surface area is 380 Å². The van der Waals surface area contributed by atoms with E-state index in [-0.39, 0.29) is 0 Å². The second-order valence-electron chi connectivity index (χ2n) is 41.2. The molecule has 0 heterocycles. The van der Waals surface area contributed by atoms with Crippen LogP contribution in [0.4, 0.5) is 0 Å². The lowest BCUT2D eigenvalue weighted by molar-refractivity contribution is -0.960. The molecule has 42 aliphatic carbocycles. The van der Waals surface area contributed by atoms with Crippen molar-refractivity contribution in [1.29, 1.82) is 0 Å². The molecule has 20 spiro atoms. The smallest absolute Gasteiger partial charge is 0.00932 e. The quantitative estimate of drug-likeness (QED) is 0.254. The van der Waals surface area contributed by atoms with Crippen molar-refractivity contribution in [2.75, 3.05) is 0 Å². The predicted octanol–water partition coefficient (Wildman–Crippen LogP) is 6.73. The van der Waals surface area contributed by atoms with E-state index >= 15 is 0 Å². The summed E-state index contributed by atoms with van der Waals surface area (Å²) in [6, 6.07) is 0. The summed E-state index contributed by atoms with van der Waals surface area (Å²) in [5.74, 6) is 58.0. The molecule has 0 radical (unpaired) electrons. The van der Waals surface area contributed by atoms with E-state index in [0.717, 1.165) is 108 Å². The van der Waals surface area contributed by atoms with E-state index < -0.39 is 0 Å². The summed E-state index contributed by atoms with van der Waals surface area (Å²) >= 11 is 0. The van der Waals surface area contributed by atoms with Gasteiger partial charge in [-0.3, -0.25) is 0 Å². The van der Waals surface area contributed by atoms with Gasteiger partial charge in [-0.1, -0.05) is 0 Å². The maximum Gasteiger partial charge on any atom is -0.00932 e. The maximum atomic E-state index is 1.77. The Hall–Kier alpha value is 0. The molecule has 0 aromatic carbocycles. The van der Waals surface area contributed by atoms with Crippen LogP contribution in [0.15, 0.2) is 0 Å². The van der Waals surface area contributed by atoms with E-state index in [1.54, 1.807) is 25.7 Å². The van der Waals surface area contributed by atoms with Crippen LogP contribution in [0.5, 0.6) is 0 Å². The monoisotopic (exact) mass is 842 g/mol. The van der Waals surface area contributed by atoms with E-state index in [1.807, 2.05) is 0 Å². The molecule has 0 bridgehead atoms. The van der Waals surface area contributed by atoms with Gasteiger partial charge in [0.2, 0.25) is 0 Å². The first-order chi connectivity index (χ1) is 32.8. The van der Waals surface area contributed by atoms with Gasteiger partial charge in [-0.25, -0.2) is 0 Å². The van der Waals surface area contributed by atoms with Gasteiger partial charge in [-0.2, -0.15) is 0 Å². The van der Waals surface area contributed by atoms with Crippen LogP contribution in [0.1, 0.15) is 25.7 Å². The average Bonchev–Trinajstić information content (AvgIpc) is 3.24. The Bertz CT molecular complexity index is 3520. The largest absolute Gasteiger partial charge is 0.0461 e. The summed E-state index contributed by atoms with van der Waals surface area (Å²) in [7, 11) is 0. The topological polar surface area (TPSA) is 0 Å². The standard InChI is InChI=1S/C66H50/c1-5-2-8-12-16-20-24-28-32-36-40-45-46-42-38-34-30-26-22-18-14-10-4-6-3-9-13-17-21-25-29-33-37-41-44-43-39-35-31-27-23-19-15-11-7(1)47(5,8)49(11,12)51(15,16)53(19,20)55(23,24)57(27,28)59(31,32)61(35,36)63(39,40)65(43,45)66(44,46)64(41,42)62(37,38)60(33,34)58(29,30)56(25,26)54(21,22)52(17,18)50(13,14)48(6,9)10/h5-46H,1-4H2/t5?,6?,7-,8?,9+,10?,11-,12?,13+,14?,15-,16?,17+,18?,19-,20?,21+,22?,23-,24?,25+,26?,27-,28?,29+,30?,31-,32?,33+,34?,35-,36?,37+,38?,39-,40?,41+,42?,43-,44?,45?,46?,47?,48?,49?,50?,51?,52?,53?,54?,55?,56?,57?,58?,59?,60?,61?,62?,63?,64?,65?,66?/m1/s1. The third kappa shape index (κ3) is 0.727. The Morgan fingerprint density at radius 2 is 0.258 bits per heavy atom. The molecule has 42 rings (SSSR count). The minimum atomic E-state index is 1.07. The first-order valence-corrected chi connectivity index (χ1v) is 32.8. The van der Waals surface area contributed by atoms with Crippen molar-refractivity contribution >= 4 is 0 Å². The third-order valence-corrected chi connectivity index (χ3v) is 52.8. The van der Waals surface area contributed by atoms with Crippen LogP contribution >= 0.6 is 0 Å². The number of hydrogen-bond acceptors (Lipinski definition) is 0. The molecule has 42 fully saturated rings. The molecule has 0 nitrogen and oxygen atoms in total. The average molecular weight is 843 g/mol. The summed E-state index contributed by atoms with van der Waals surface area (Å²) < 4.78 is 0. The Kier molecular flexibility index (Phi) is 1.57. The first kappa shape index (κ1) is 24.4. The lowest BCUT2D eigenvalue weighted by Gasteiger charge is -3.41. The molecular formula is C66H50. The Morgan fingerprint density at radius 1 is 0.136 bits per heavy atom. The van der Waals surface area contributed by atoms with Gasteiger partial charge < -0.3 is 0 Å². The van der Waals surface area contributed by atoms with E-state index in [9.17, 15) is 0 Å². The van der Waals surface area contributed by atoms with Gasteiger partial charge >= 0.3 is 0 Å². The van der Waals surface area contributed by atoms with Gasteiger partial charge in [-0.15, -0.1) is 0 Å².